The third kappa shape index (κ3) is 3.16. The van der Waals surface area contributed by atoms with Crippen molar-refractivity contribution in [2.45, 2.75) is 20.4 Å². The van der Waals surface area contributed by atoms with Gasteiger partial charge in [0.25, 0.3) is 11.5 Å². The molecule has 0 bridgehead atoms. The van der Waals surface area contributed by atoms with E-state index < -0.39 is 0 Å². The van der Waals surface area contributed by atoms with E-state index in [0.29, 0.717) is 11.1 Å². The molecule has 0 saturated heterocycles. The molecule has 0 unspecified atom stereocenters. The lowest BCUT2D eigenvalue weighted by atomic mass is 10.1. The van der Waals surface area contributed by atoms with Gasteiger partial charge in [-0.1, -0.05) is 35.9 Å². The van der Waals surface area contributed by atoms with Gasteiger partial charge in [0.15, 0.2) is 0 Å². The zero-order valence-corrected chi connectivity index (χ0v) is 13.1. The second-order valence-electron chi connectivity index (χ2n) is 5.71. The maximum Gasteiger partial charge on any atom is 0.253 e. The number of H-pyrrole nitrogens is 1. The summed E-state index contributed by atoms with van der Waals surface area (Å²) in [7, 11) is 0. The molecule has 0 fully saturated rings. The third-order valence-electron chi connectivity index (χ3n) is 3.88. The van der Waals surface area contributed by atoms with E-state index in [1.54, 1.807) is 6.07 Å². The molecular weight excluding hydrogens is 288 g/mol. The molecular formula is C19H18N2O2. The van der Waals surface area contributed by atoms with Gasteiger partial charge in [-0.2, -0.15) is 0 Å². The molecule has 2 N–H and O–H groups in total. The lowest BCUT2D eigenvalue weighted by molar-refractivity contribution is 0.0950. The predicted octanol–water partition coefficient (Wildman–Crippen LogP) is 3.07. The molecule has 1 heterocycles. The number of aromatic nitrogens is 1. The number of pyridine rings is 1. The Morgan fingerprint density at radius 2 is 1.87 bits per heavy atom. The van der Waals surface area contributed by atoms with Crippen LogP contribution in [0.3, 0.4) is 0 Å². The number of aryl methyl sites for hydroxylation is 2. The minimum Gasteiger partial charge on any atom is -0.348 e. The number of carbonyl (C=O) groups is 1. The van der Waals surface area contributed by atoms with Crippen molar-refractivity contribution in [1.29, 1.82) is 0 Å². The molecule has 0 aliphatic rings. The Bertz CT molecular complexity index is 941. The van der Waals surface area contributed by atoms with Crippen molar-refractivity contribution in [3.05, 3.63) is 81.1 Å². The molecule has 1 aromatic heterocycles. The van der Waals surface area contributed by atoms with Crippen LogP contribution in [0.25, 0.3) is 10.9 Å². The number of fused-ring (bicyclic) bond motifs is 1. The Balaban J connectivity index is 1.83. The van der Waals surface area contributed by atoms with Crippen molar-refractivity contribution in [2.75, 3.05) is 0 Å². The molecule has 4 heteroatoms. The minimum atomic E-state index is -0.183. The monoisotopic (exact) mass is 306 g/mol. The highest BCUT2D eigenvalue weighted by atomic mass is 16.1. The number of carbonyl (C=O) groups excluding carboxylic acids is 1. The molecule has 4 nitrogen and oxygen atoms in total. The van der Waals surface area contributed by atoms with Crippen molar-refractivity contribution < 1.29 is 4.79 Å². The maximum atomic E-state index is 12.2. The molecule has 0 saturated carbocycles. The first-order valence-corrected chi connectivity index (χ1v) is 7.51. The SMILES string of the molecule is Cc1cccc(C(=O)NCc2cc3cccc(C)c3[nH]c2=O)c1. The molecule has 116 valence electrons. The first-order chi connectivity index (χ1) is 11.0. The first-order valence-electron chi connectivity index (χ1n) is 7.51. The number of benzene rings is 2. The third-order valence-corrected chi connectivity index (χ3v) is 3.88. The Kier molecular flexibility index (Phi) is 3.98. The van der Waals surface area contributed by atoms with Crippen LogP contribution in [0.15, 0.2) is 53.3 Å². The molecule has 1 amide bonds. The quantitative estimate of drug-likeness (QED) is 0.781. The lowest BCUT2D eigenvalue weighted by Crippen LogP contribution is -2.26. The topological polar surface area (TPSA) is 62.0 Å². The van der Waals surface area contributed by atoms with Crippen molar-refractivity contribution in [2.24, 2.45) is 0 Å². The molecule has 23 heavy (non-hydrogen) atoms. The van der Waals surface area contributed by atoms with Crippen molar-refractivity contribution in [3.8, 4) is 0 Å². The van der Waals surface area contributed by atoms with Crippen molar-refractivity contribution >= 4 is 16.8 Å². The normalized spacial score (nSPS) is 10.7. The minimum absolute atomic E-state index is 0.170. The number of para-hydroxylation sites is 1. The van der Waals surface area contributed by atoms with Gasteiger partial charge in [-0.15, -0.1) is 0 Å². The van der Waals surface area contributed by atoms with Crippen molar-refractivity contribution in [3.63, 3.8) is 0 Å². The van der Waals surface area contributed by atoms with Crippen LogP contribution in [-0.4, -0.2) is 10.9 Å². The summed E-state index contributed by atoms with van der Waals surface area (Å²) >= 11 is 0. The Morgan fingerprint density at radius 1 is 1.09 bits per heavy atom. The van der Waals surface area contributed by atoms with Crippen LogP contribution >= 0.6 is 0 Å². The average Bonchev–Trinajstić information content (AvgIpc) is 2.53. The molecule has 3 aromatic rings. The van der Waals surface area contributed by atoms with Crippen LogP contribution in [0, 0.1) is 13.8 Å². The van der Waals surface area contributed by atoms with Crippen LogP contribution in [-0.2, 0) is 6.54 Å². The summed E-state index contributed by atoms with van der Waals surface area (Å²) in [6.07, 6.45) is 0. The molecule has 0 spiro atoms. The standard InChI is InChI=1S/C19H18N2O2/c1-12-5-3-8-15(9-12)18(22)20-11-16-10-14-7-4-6-13(2)17(14)21-19(16)23/h3-10H,11H2,1-2H3,(H,20,22)(H,21,23). The number of aromatic amines is 1. The summed E-state index contributed by atoms with van der Waals surface area (Å²) in [5.74, 6) is -0.183. The summed E-state index contributed by atoms with van der Waals surface area (Å²) in [6, 6.07) is 15.0. The van der Waals surface area contributed by atoms with Gasteiger partial charge in [0.2, 0.25) is 0 Å². The molecule has 2 aromatic carbocycles. The number of nitrogens with one attached hydrogen (secondary N) is 2. The Morgan fingerprint density at radius 3 is 2.65 bits per heavy atom. The fraction of sp³-hybridized carbons (Fsp3) is 0.158. The lowest BCUT2D eigenvalue weighted by Gasteiger charge is -2.08. The molecule has 0 atom stereocenters. The fourth-order valence-corrected chi connectivity index (χ4v) is 2.62. The van der Waals surface area contributed by atoms with Gasteiger partial charge < -0.3 is 10.3 Å². The van der Waals surface area contributed by atoms with Gasteiger partial charge in [0.05, 0.1) is 5.52 Å². The Hall–Kier alpha value is -2.88. The fourth-order valence-electron chi connectivity index (χ4n) is 2.62. The summed E-state index contributed by atoms with van der Waals surface area (Å²) in [5, 5.41) is 3.77. The molecule has 0 aliphatic carbocycles. The van der Waals surface area contributed by atoms with Gasteiger partial charge in [-0.05, 0) is 43.0 Å². The Labute approximate surface area is 134 Å². The van der Waals surface area contributed by atoms with E-state index in [9.17, 15) is 9.59 Å². The van der Waals surface area contributed by atoms with Crippen LogP contribution in [0.5, 0.6) is 0 Å². The maximum absolute atomic E-state index is 12.2. The number of rotatable bonds is 3. The van der Waals surface area contributed by atoms with Crippen molar-refractivity contribution in [1.82, 2.24) is 10.3 Å². The average molecular weight is 306 g/mol. The smallest absolute Gasteiger partial charge is 0.253 e. The van der Waals surface area contributed by atoms with Gasteiger partial charge in [0.1, 0.15) is 0 Å². The van der Waals surface area contributed by atoms with Gasteiger partial charge in [-0.25, -0.2) is 0 Å². The summed E-state index contributed by atoms with van der Waals surface area (Å²) in [5.41, 5.74) is 3.86. The van der Waals surface area contributed by atoms with Crippen LogP contribution < -0.4 is 10.9 Å². The number of hydrogen-bond acceptors (Lipinski definition) is 2. The van der Waals surface area contributed by atoms with Crippen LogP contribution in [0.2, 0.25) is 0 Å². The summed E-state index contributed by atoms with van der Waals surface area (Å²) in [6.45, 7) is 4.09. The van der Waals surface area contributed by atoms with Crippen LogP contribution in [0.4, 0.5) is 0 Å². The van der Waals surface area contributed by atoms with Gasteiger partial charge >= 0.3 is 0 Å². The van der Waals surface area contributed by atoms with Crippen LogP contribution in [0.1, 0.15) is 27.0 Å². The highest BCUT2D eigenvalue weighted by Crippen LogP contribution is 2.15. The second kappa shape index (κ2) is 6.08. The van der Waals surface area contributed by atoms with E-state index in [-0.39, 0.29) is 18.0 Å². The van der Waals surface area contributed by atoms with E-state index in [4.69, 9.17) is 0 Å². The number of hydrogen-bond donors (Lipinski definition) is 2. The molecule has 0 radical (unpaired) electrons. The largest absolute Gasteiger partial charge is 0.348 e. The molecule has 3 rings (SSSR count). The van der Waals surface area contributed by atoms with E-state index >= 15 is 0 Å². The highest BCUT2D eigenvalue weighted by Gasteiger charge is 2.08. The van der Waals surface area contributed by atoms with E-state index in [1.807, 2.05) is 56.3 Å². The summed E-state index contributed by atoms with van der Waals surface area (Å²) in [4.78, 5) is 27.2. The zero-order chi connectivity index (χ0) is 16.4. The number of amides is 1. The van der Waals surface area contributed by atoms with E-state index in [2.05, 4.69) is 10.3 Å². The van der Waals surface area contributed by atoms with E-state index in [0.717, 1.165) is 22.0 Å². The zero-order valence-electron chi connectivity index (χ0n) is 13.1. The van der Waals surface area contributed by atoms with E-state index in [1.165, 1.54) is 0 Å². The highest BCUT2D eigenvalue weighted by molar-refractivity contribution is 5.94. The second-order valence-corrected chi connectivity index (χ2v) is 5.71. The predicted molar refractivity (Wildman–Crippen MR) is 91.7 cm³/mol. The van der Waals surface area contributed by atoms with Gasteiger partial charge in [0, 0.05) is 17.7 Å². The van der Waals surface area contributed by atoms with Gasteiger partial charge in [-0.3, -0.25) is 9.59 Å². The summed E-state index contributed by atoms with van der Waals surface area (Å²) < 4.78 is 0. The molecule has 0 aliphatic heterocycles. The first kappa shape index (κ1) is 15.0.